The van der Waals surface area contributed by atoms with E-state index in [4.69, 9.17) is 0 Å². The van der Waals surface area contributed by atoms with Crippen LogP contribution in [-0.2, 0) is 6.42 Å². The Morgan fingerprint density at radius 1 is 1.35 bits per heavy atom. The Morgan fingerprint density at radius 3 is 2.85 bits per heavy atom. The summed E-state index contributed by atoms with van der Waals surface area (Å²) in [6.45, 7) is 19.9. The lowest BCUT2D eigenvalue weighted by molar-refractivity contribution is 0.141. The topological polar surface area (TPSA) is 15.3 Å². The molecule has 1 N–H and O–H groups in total. The van der Waals surface area contributed by atoms with Crippen molar-refractivity contribution < 1.29 is 0 Å². The maximum Gasteiger partial charge on any atom is 0.0340 e. The largest absolute Gasteiger partial charge is 0.385 e. The van der Waals surface area contributed by atoms with Crippen LogP contribution in [0.4, 0.5) is 0 Å². The Kier molecular flexibility index (Phi) is 7.93. The molecule has 2 rings (SSSR count). The molecule has 140 valence electrons. The fraction of sp³-hybridized carbons (Fsp3) is 0.417. The second-order valence-corrected chi connectivity index (χ2v) is 7.51. The lowest BCUT2D eigenvalue weighted by Gasteiger charge is -2.35. The van der Waals surface area contributed by atoms with Crippen LogP contribution in [0.25, 0.3) is 5.70 Å². The summed E-state index contributed by atoms with van der Waals surface area (Å²) in [5.41, 5.74) is 4.62. The van der Waals surface area contributed by atoms with Gasteiger partial charge < -0.3 is 10.2 Å². The molecule has 0 aromatic heterocycles. The highest BCUT2D eigenvalue weighted by atomic mass is 15.2. The zero-order valence-corrected chi connectivity index (χ0v) is 16.5. The third-order valence-corrected chi connectivity index (χ3v) is 5.16. The molecule has 1 atom stereocenters. The van der Waals surface area contributed by atoms with E-state index >= 15 is 0 Å². The first-order chi connectivity index (χ1) is 12.5. The van der Waals surface area contributed by atoms with Crippen LogP contribution in [0, 0.1) is 5.92 Å². The Morgan fingerprint density at radius 2 is 2.15 bits per heavy atom. The predicted octanol–water partition coefficient (Wildman–Crippen LogP) is 5.21. The average molecular weight is 351 g/mol. The van der Waals surface area contributed by atoms with Gasteiger partial charge in [-0.05, 0) is 68.3 Å². The van der Waals surface area contributed by atoms with Crippen molar-refractivity contribution in [2.45, 2.75) is 39.2 Å². The molecule has 1 aromatic carbocycles. The number of benzene rings is 1. The van der Waals surface area contributed by atoms with Crippen molar-refractivity contribution in [3.05, 3.63) is 78.9 Å². The molecule has 2 nitrogen and oxygen atoms in total. The first kappa shape index (κ1) is 20.3. The highest BCUT2D eigenvalue weighted by molar-refractivity contribution is 5.62. The molecule has 1 unspecified atom stereocenters. The molecule has 1 fully saturated rings. The fourth-order valence-corrected chi connectivity index (χ4v) is 3.56. The van der Waals surface area contributed by atoms with Gasteiger partial charge in [0.15, 0.2) is 0 Å². The molecule has 0 aliphatic carbocycles. The van der Waals surface area contributed by atoms with Gasteiger partial charge in [0.25, 0.3) is 0 Å². The van der Waals surface area contributed by atoms with Gasteiger partial charge in [0.1, 0.15) is 0 Å². The second-order valence-electron chi connectivity index (χ2n) is 7.51. The molecule has 0 saturated carbocycles. The van der Waals surface area contributed by atoms with Gasteiger partial charge in [-0.3, -0.25) is 0 Å². The molecule has 1 heterocycles. The van der Waals surface area contributed by atoms with E-state index in [0.29, 0.717) is 12.0 Å². The van der Waals surface area contributed by atoms with E-state index in [0.717, 1.165) is 18.7 Å². The number of nitrogens with zero attached hydrogens (tertiary/aromatic N) is 1. The zero-order chi connectivity index (χ0) is 18.9. The van der Waals surface area contributed by atoms with Crippen molar-refractivity contribution in [1.29, 1.82) is 0 Å². The molecule has 1 aromatic rings. The summed E-state index contributed by atoms with van der Waals surface area (Å²) in [6.07, 6.45) is 9.18. The maximum atomic E-state index is 4.26. The van der Waals surface area contributed by atoms with Crippen LogP contribution in [0.5, 0.6) is 0 Å². The van der Waals surface area contributed by atoms with E-state index in [1.54, 1.807) is 0 Å². The van der Waals surface area contributed by atoms with Crippen molar-refractivity contribution in [2.75, 3.05) is 19.6 Å². The lowest BCUT2D eigenvalue weighted by Crippen LogP contribution is -2.42. The number of hydrogen-bond acceptors (Lipinski definition) is 2. The highest BCUT2D eigenvalue weighted by Gasteiger charge is 2.21. The van der Waals surface area contributed by atoms with E-state index in [1.807, 2.05) is 18.2 Å². The van der Waals surface area contributed by atoms with Crippen LogP contribution in [0.2, 0.25) is 0 Å². The summed E-state index contributed by atoms with van der Waals surface area (Å²) in [6, 6.07) is 9.24. The molecule has 0 bridgehead atoms. The normalized spacial score (nSPS) is 18.6. The van der Waals surface area contributed by atoms with Gasteiger partial charge in [-0.25, -0.2) is 0 Å². The third-order valence-electron chi connectivity index (χ3n) is 5.16. The lowest BCUT2D eigenvalue weighted by atomic mass is 9.96. The number of piperidine rings is 1. The molecular weight excluding hydrogens is 316 g/mol. The van der Waals surface area contributed by atoms with Crippen molar-refractivity contribution in [2.24, 2.45) is 5.92 Å². The molecule has 1 aliphatic rings. The van der Waals surface area contributed by atoms with E-state index < -0.39 is 0 Å². The monoisotopic (exact) mass is 350 g/mol. The van der Waals surface area contributed by atoms with Crippen LogP contribution in [0.15, 0.2) is 67.8 Å². The minimum atomic E-state index is 0.639. The summed E-state index contributed by atoms with van der Waals surface area (Å²) in [5, 5.41) is 3.58. The van der Waals surface area contributed by atoms with Crippen molar-refractivity contribution >= 4 is 5.70 Å². The number of likely N-dealkylation sites (tertiary alicyclic amines) is 1. The Hall–Kier alpha value is -2.06. The van der Waals surface area contributed by atoms with Gasteiger partial charge in [0.2, 0.25) is 0 Å². The third kappa shape index (κ3) is 6.03. The standard InChI is InChI=1S/C24H34N2/c1-6-10-21(7-2)15-22-11-8-13-24(16-22)20(5)25-17-23-12-9-14-26(18-23)19(3)4/h6-8,10-11,13,16,19,23,25H,1-2,5,9,12,14-15,17-18H2,3-4H3/b21-10+. The molecular formula is C24H34N2. The maximum absolute atomic E-state index is 4.26. The van der Waals surface area contributed by atoms with Gasteiger partial charge in [-0.1, -0.05) is 56.2 Å². The molecule has 0 radical (unpaired) electrons. The Labute approximate surface area is 160 Å². The summed E-state index contributed by atoms with van der Waals surface area (Å²) >= 11 is 0. The molecule has 26 heavy (non-hydrogen) atoms. The van der Waals surface area contributed by atoms with Gasteiger partial charge in [0.05, 0.1) is 0 Å². The number of nitrogens with one attached hydrogen (secondary N) is 1. The fourth-order valence-electron chi connectivity index (χ4n) is 3.56. The molecule has 1 saturated heterocycles. The van der Waals surface area contributed by atoms with Gasteiger partial charge in [-0.15, -0.1) is 0 Å². The molecule has 1 aliphatic heterocycles. The summed E-state index contributed by atoms with van der Waals surface area (Å²) in [5.74, 6) is 0.703. The smallest absolute Gasteiger partial charge is 0.0340 e. The summed E-state index contributed by atoms with van der Waals surface area (Å²) in [4.78, 5) is 2.59. The van der Waals surface area contributed by atoms with Crippen LogP contribution in [0.1, 0.15) is 37.8 Å². The zero-order valence-electron chi connectivity index (χ0n) is 16.5. The van der Waals surface area contributed by atoms with Crippen LogP contribution < -0.4 is 5.32 Å². The number of rotatable bonds is 9. The summed E-state index contributed by atoms with van der Waals surface area (Å²) in [7, 11) is 0. The Balaban J connectivity index is 1.93. The SMILES string of the molecule is C=C/C=C(\C=C)Cc1cccc(C(=C)NCC2CCCN(C(C)C)C2)c1. The van der Waals surface area contributed by atoms with Crippen molar-refractivity contribution in [1.82, 2.24) is 10.2 Å². The predicted molar refractivity (Wildman–Crippen MR) is 115 cm³/mol. The van der Waals surface area contributed by atoms with Crippen molar-refractivity contribution in [3.63, 3.8) is 0 Å². The summed E-state index contributed by atoms with van der Waals surface area (Å²) < 4.78 is 0. The van der Waals surface area contributed by atoms with Gasteiger partial charge in [0, 0.05) is 24.8 Å². The molecule has 0 spiro atoms. The minimum Gasteiger partial charge on any atom is -0.385 e. The highest BCUT2D eigenvalue weighted by Crippen LogP contribution is 2.20. The first-order valence-electron chi connectivity index (χ1n) is 9.73. The first-order valence-corrected chi connectivity index (χ1v) is 9.73. The second kappa shape index (κ2) is 10.2. The van der Waals surface area contributed by atoms with Crippen molar-refractivity contribution in [3.8, 4) is 0 Å². The van der Waals surface area contributed by atoms with Gasteiger partial charge >= 0.3 is 0 Å². The van der Waals surface area contributed by atoms with E-state index in [1.165, 1.54) is 42.6 Å². The van der Waals surface area contributed by atoms with Crippen LogP contribution >= 0.6 is 0 Å². The van der Waals surface area contributed by atoms with Gasteiger partial charge in [-0.2, -0.15) is 0 Å². The molecule has 0 amide bonds. The average Bonchev–Trinajstić information content (AvgIpc) is 2.66. The number of hydrogen-bond donors (Lipinski definition) is 1. The quantitative estimate of drug-likeness (QED) is 0.615. The minimum absolute atomic E-state index is 0.639. The van der Waals surface area contributed by atoms with Crippen LogP contribution in [0.3, 0.4) is 0 Å². The van der Waals surface area contributed by atoms with Crippen LogP contribution in [-0.4, -0.2) is 30.6 Å². The molecule has 2 heteroatoms. The van der Waals surface area contributed by atoms with E-state index in [-0.39, 0.29) is 0 Å². The number of allylic oxidation sites excluding steroid dienone is 4. The Bertz CT molecular complexity index is 654. The van der Waals surface area contributed by atoms with E-state index in [9.17, 15) is 0 Å². The van der Waals surface area contributed by atoms with E-state index in [2.05, 4.69) is 68.1 Å².